The molecule has 1 aliphatic rings. The topological polar surface area (TPSA) is 41.1 Å². The number of carbonyl (C=O) groups excluding carboxylic acids is 1. The third kappa shape index (κ3) is 4.96. The SMILES string of the molecule is O=C(NCCNC1CCCCC1)c1ccc(Br)cc1. The van der Waals surface area contributed by atoms with Crippen molar-refractivity contribution in [1.82, 2.24) is 10.6 Å². The molecule has 2 rings (SSSR count). The van der Waals surface area contributed by atoms with Gasteiger partial charge in [-0.05, 0) is 37.1 Å². The number of hydrogen-bond donors (Lipinski definition) is 2. The van der Waals surface area contributed by atoms with Crippen LogP contribution in [0.4, 0.5) is 0 Å². The van der Waals surface area contributed by atoms with Crippen molar-refractivity contribution in [2.45, 2.75) is 38.1 Å². The molecule has 1 saturated carbocycles. The fourth-order valence-corrected chi connectivity index (χ4v) is 2.73. The van der Waals surface area contributed by atoms with Gasteiger partial charge in [0.05, 0.1) is 0 Å². The van der Waals surface area contributed by atoms with Gasteiger partial charge in [-0.1, -0.05) is 35.2 Å². The van der Waals surface area contributed by atoms with Gasteiger partial charge in [0.2, 0.25) is 0 Å². The molecule has 0 atom stereocenters. The maximum absolute atomic E-state index is 11.9. The number of nitrogens with one attached hydrogen (secondary N) is 2. The molecule has 1 amide bonds. The van der Waals surface area contributed by atoms with Crippen LogP contribution >= 0.6 is 15.9 Å². The lowest BCUT2D eigenvalue weighted by Gasteiger charge is -2.22. The van der Waals surface area contributed by atoms with E-state index in [0.29, 0.717) is 18.2 Å². The molecule has 2 N–H and O–H groups in total. The molecule has 1 aliphatic carbocycles. The minimum Gasteiger partial charge on any atom is -0.351 e. The minimum absolute atomic E-state index is 0.00190. The molecular weight excluding hydrogens is 304 g/mol. The van der Waals surface area contributed by atoms with E-state index >= 15 is 0 Å². The lowest BCUT2D eigenvalue weighted by atomic mass is 9.95. The number of benzene rings is 1. The molecule has 0 radical (unpaired) electrons. The summed E-state index contributed by atoms with van der Waals surface area (Å²) in [6.45, 7) is 1.54. The average molecular weight is 325 g/mol. The first-order valence-corrected chi connectivity index (χ1v) is 7.82. The molecule has 1 fully saturated rings. The molecule has 0 heterocycles. The highest BCUT2D eigenvalue weighted by molar-refractivity contribution is 9.10. The molecule has 0 aliphatic heterocycles. The van der Waals surface area contributed by atoms with E-state index in [1.54, 1.807) is 0 Å². The zero-order valence-electron chi connectivity index (χ0n) is 11.1. The van der Waals surface area contributed by atoms with Crippen LogP contribution in [0.5, 0.6) is 0 Å². The molecule has 0 unspecified atom stereocenters. The van der Waals surface area contributed by atoms with E-state index < -0.39 is 0 Å². The Morgan fingerprint density at radius 2 is 1.79 bits per heavy atom. The Hall–Kier alpha value is -0.870. The first kappa shape index (κ1) is 14.5. The third-order valence-corrected chi connectivity index (χ3v) is 4.08. The highest BCUT2D eigenvalue weighted by Gasteiger charge is 2.12. The maximum Gasteiger partial charge on any atom is 0.251 e. The summed E-state index contributed by atoms with van der Waals surface area (Å²) < 4.78 is 0.989. The Morgan fingerprint density at radius 3 is 2.47 bits per heavy atom. The van der Waals surface area contributed by atoms with Gasteiger partial charge in [-0.2, -0.15) is 0 Å². The van der Waals surface area contributed by atoms with Crippen molar-refractivity contribution in [3.8, 4) is 0 Å². The second kappa shape index (κ2) is 7.65. The van der Waals surface area contributed by atoms with Crippen LogP contribution in [0.15, 0.2) is 28.7 Å². The van der Waals surface area contributed by atoms with Crippen molar-refractivity contribution in [3.63, 3.8) is 0 Å². The van der Waals surface area contributed by atoms with Crippen molar-refractivity contribution in [2.24, 2.45) is 0 Å². The van der Waals surface area contributed by atoms with Crippen molar-refractivity contribution < 1.29 is 4.79 Å². The maximum atomic E-state index is 11.9. The fraction of sp³-hybridized carbons (Fsp3) is 0.533. The number of amides is 1. The van der Waals surface area contributed by atoms with Crippen LogP contribution in [0.25, 0.3) is 0 Å². The molecule has 0 saturated heterocycles. The van der Waals surface area contributed by atoms with Crippen LogP contribution in [0.3, 0.4) is 0 Å². The van der Waals surface area contributed by atoms with E-state index in [-0.39, 0.29) is 5.91 Å². The van der Waals surface area contributed by atoms with Gasteiger partial charge < -0.3 is 10.6 Å². The standard InChI is InChI=1S/C15H21BrN2O/c16-13-8-6-12(7-9-13)15(19)18-11-10-17-14-4-2-1-3-5-14/h6-9,14,17H,1-5,10-11H2,(H,18,19). The molecular formula is C15H21BrN2O. The van der Waals surface area contributed by atoms with Gasteiger partial charge in [-0.25, -0.2) is 0 Å². The smallest absolute Gasteiger partial charge is 0.251 e. The third-order valence-electron chi connectivity index (χ3n) is 3.56. The summed E-state index contributed by atoms with van der Waals surface area (Å²) in [5, 5.41) is 6.46. The van der Waals surface area contributed by atoms with E-state index in [0.717, 1.165) is 11.0 Å². The summed E-state index contributed by atoms with van der Waals surface area (Å²) >= 11 is 3.36. The first-order chi connectivity index (χ1) is 9.25. The summed E-state index contributed by atoms with van der Waals surface area (Å²) in [5.74, 6) is -0.00190. The van der Waals surface area contributed by atoms with Crippen LogP contribution in [0, 0.1) is 0 Å². The van der Waals surface area contributed by atoms with Crippen LogP contribution in [0.1, 0.15) is 42.5 Å². The van der Waals surface area contributed by atoms with E-state index in [2.05, 4.69) is 26.6 Å². The van der Waals surface area contributed by atoms with Crippen LogP contribution in [0.2, 0.25) is 0 Å². The van der Waals surface area contributed by atoms with E-state index in [9.17, 15) is 4.79 Å². The molecule has 3 nitrogen and oxygen atoms in total. The number of halogens is 1. The Balaban J connectivity index is 1.64. The fourth-order valence-electron chi connectivity index (χ4n) is 2.46. The van der Waals surface area contributed by atoms with Gasteiger partial charge in [0.15, 0.2) is 0 Å². The quantitative estimate of drug-likeness (QED) is 0.817. The molecule has 0 bridgehead atoms. The van der Waals surface area contributed by atoms with Crippen molar-refractivity contribution >= 4 is 21.8 Å². The van der Waals surface area contributed by atoms with Crippen LogP contribution in [-0.2, 0) is 0 Å². The summed E-state index contributed by atoms with van der Waals surface area (Å²) in [6.07, 6.45) is 6.60. The minimum atomic E-state index is -0.00190. The normalized spacial score (nSPS) is 16.3. The largest absolute Gasteiger partial charge is 0.351 e. The second-order valence-corrected chi connectivity index (χ2v) is 5.97. The highest BCUT2D eigenvalue weighted by Crippen LogP contribution is 2.16. The molecule has 0 spiro atoms. The zero-order chi connectivity index (χ0) is 13.5. The molecule has 0 aromatic heterocycles. The number of carbonyl (C=O) groups is 1. The number of hydrogen-bond acceptors (Lipinski definition) is 2. The Labute approximate surface area is 123 Å². The van der Waals surface area contributed by atoms with E-state index in [4.69, 9.17) is 0 Å². The van der Waals surface area contributed by atoms with Crippen molar-refractivity contribution in [1.29, 1.82) is 0 Å². The van der Waals surface area contributed by atoms with Gasteiger partial charge in [0.25, 0.3) is 5.91 Å². The molecule has 1 aromatic carbocycles. The summed E-state index contributed by atoms with van der Waals surface area (Å²) in [4.78, 5) is 11.9. The monoisotopic (exact) mass is 324 g/mol. The average Bonchev–Trinajstić information content (AvgIpc) is 2.45. The highest BCUT2D eigenvalue weighted by atomic mass is 79.9. The van der Waals surface area contributed by atoms with Crippen molar-refractivity contribution in [2.75, 3.05) is 13.1 Å². The van der Waals surface area contributed by atoms with E-state index in [1.807, 2.05) is 24.3 Å². The Morgan fingerprint density at radius 1 is 1.11 bits per heavy atom. The summed E-state index contributed by atoms with van der Waals surface area (Å²) in [5.41, 5.74) is 0.709. The molecule has 1 aromatic rings. The first-order valence-electron chi connectivity index (χ1n) is 7.03. The molecule has 104 valence electrons. The lowest BCUT2D eigenvalue weighted by Crippen LogP contribution is -2.37. The summed E-state index contributed by atoms with van der Waals surface area (Å²) in [6, 6.07) is 8.07. The van der Waals surface area contributed by atoms with Crippen LogP contribution < -0.4 is 10.6 Å². The van der Waals surface area contributed by atoms with Gasteiger partial charge >= 0.3 is 0 Å². The molecule has 19 heavy (non-hydrogen) atoms. The lowest BCUT2D eigenvalue weighted by molar-refractivity contribution is 0.0953. The van der Waals surface area contributed by atoms with Gasteiger partial charge in [0, 0.05) is 29.2 Å². The van der Waals surface area contributed by atoms with E-state index in [1.165, 1.54) is 32.1 Å². The Kier molecular flexibility index (Phi) is 5.86. The summed E-state index contributed by atoms with van der Waals surface area (Å²) in [7, 11) is 0. The van der Waals surface area contributed by atoms with Crippen LogP contribution in [-0.4, -0.2) is 25.0 Å². The van der Waals surface area contributed by atoms with Crippen molar-refractivity contribution in [3.05, 3.63) is 34.3 Å². The van der Waals surface area contributed by atoms with Gasteiger partial charge in [0.1, 0.15) is 0 Å². The van der Waals surface area contributed by atoms with Gasteiger partial charge in [-0.3, -0.25) is 4.79 Å². The predicted octanol–water partition coefficient (Wildman–Crippen LogP) is 3.10. The predicted molar refractivity (Wildman–Crippen MR) is 81.4 cm³/mol. The van der Waals surface area contributed by atoms with Gasteiger partial charge in [-0.15, -0.1) is 0 Å². The molecule has 4 heteroatoms. The number of rotatable bonds is 5. The Bertz CT molecular complexity index is 399. The zero-order valence-corrected chi connectivity index (χ0v) is 12.7. The second-order valence-electron chi connectivity index (χ2n) is 5.05.